The lowest BCUT2D eigenvalue weighted by atomic mass is 10.0. The fourth-order valence-corrected chi connectivity index (χ4v) is 4.28. The standard InChI is InChI=1S/C22H18BrNO5S/c1-29-17-8-10-18(11-9-17)30(27,28)14-21(25)24-20-12-7-16(23)13-19(20)22(26)15-5-3-2-4-6-15/h2-13H,14H2,1H3,(H,24,25). The summed E-state index contributed by atoms with van der Waals surface area (Å²) in [6.07, 6.45) is 0. The molecule has 3 aromatic rings. The predicted octanol–water partition coefficient (Wildman–Crippen LogP) is 4.10. The molecule has 0 saturated heterocycles. The summed E-state index contributed by atoms with van der Waals surface area (Å²) in [6.45, 7) is 0. The van der Waals surface area contributed by atoms with Gasteiger partial charge in [-0.05, 0) is 42.5 Å². The van der Waals surface area contributed by atoms with Gasteiger partial charge in [-0.1, -0.05) is 46.3 Å². The minimum absolute atomic E-state index is 0.00911. The molecular weight excluding hydrogens is 470 g/mol. The number of halogens is 1. The molecule has 30 heavy (non-hydrogen) atoms. The van der Waals surface area contributed by atoms with E-state index in [-0.39, 0.29) is 21.9 Å². The number of nitrogens with one attached hydrogen (secondary N) is 1. The fraction of sp³-hybridized carbons (Fsp3) is 0.0909. The molecule has 0 aliphatic heterocycles. The number of carbonyl (C=O) groups is 2. The van der Waals surface area contributed by atoms with Crippen LogP contribution in [0.3, 0.4) is 0 Å². The molecule has 0 spiro atoms. The topological polar surface area (TPSA) is 89.5 Å². The Morgan fingerprint density at radius 1 is 0.967 bits per heavy atom. The van der Waals surface area contributed by atoms with Crippen LogP contribution in [0.4, 0.5) is 5.69 Å². The van der Waals surface area contributed by atoms with Gasteiger partial charge in [0.25, 0.3) is 0 Å². The molecule has 0 saturated carbocycles. The largest absolute Gasteiger partial charge is 0.497 e. The zero-order valence-electron chi connectivity index (χ0n) is 16.0. The second kappa shape index (κ2) is 9.23. The number of benzene rings is 3. The van der Waals surface area contributed by atoms with Crippen LogP contribution in [0.2, 0.25) is 0 Å². The molecule has 0 fully saturated rings. The van der Waals surface area contributed by atoms with E-state index < -0.39 is 21.5 Å². The Balaban J connectivity index is 1.82. The second-order valence-corrected chi connectivity index (χ2v) is 9.27. The number of hydrogen-bond acceptors (Lipinski definition) is 5. The van der Waals surface area contributed by atoms with Crippen molar-refractivity contribution in [3.05, 3.63) is 88.4 Å². The Morgan fingerprint density at radius 2 is 1.63 bits per heavy atom. The zero-order valence-corrected chi connectivity index (χ0v) is 18.4. The number of sulfone groups is 1. The van der Waals surface area contributed by atoms with Gasteiger partial charge < -0.3 is 10.1 Å². The number of amides is 1. The maximum absolute atomic E-state index is 12.9. The number of ketones is 1. The molecule has 0 aliphatic carbocycles. The lowest BCUT2D eigenvalue weighted by Crippen LogP contribution is -2.24. The van der Waals surface area contributed by atoms with Crippen molar-refractivity contribution in [3.8, 4) is 5.75 Å². The van der Waals surface area contributed by atoms with Gasteiger partial charge in [-0.25, -0.2) is 8.42 Å². The first kappa shape index (κ1) is 21.7. The molecule has 0 atom stereocenters. The van der Waals surface area contributed by atoms with Crippen LogP contribution in [0.25, 0.3) is 0 Å². The molecule has 0 bridgehead atoms. The quantitative estimate of drug-likeness (QED) is 0.506. The van der Waals surface area contributed by atoms with Crippen molar-refractivity contribution in [2.24, 2.45) is 0 Å². The molecule has 6 nitrogen and oxygen atoms in total. The van der Waals surface area contributed by atoms with E-state index in [1.165, 1.54) is 31.4 Å². The predicted molar refractivity (Wildman–Crippen MR) is 118 cm³/mol. The zero-order chi connectivity index (χ0) is 21.7. The van der Waals surface area contributed by atoms with Crippen molar-refractivity contribution < 1.29 is 22.7 Å². The van der Waals surface area contributed by atoms with Gasteiger partial charge in [-0.15, -0.1) is 0 Å². The first-order valence-electron chi connectivity index (χ1n) is 8.86. The van der Waals surface area contributed by atoms with E-state index in [0.29, 0.717) is 15.8 Å². The SMILES string of the molecule is COc1ccc(S(=O)(=O)CC(=O)Nc2ccc(Br)cc2C(=O)c2ccccc2)cc1. The molecule has 0 aliphatic rings. The molecule has 0 unspecified atom stereocenters. The van der Waals surface area contributed by atoms with Gasteiger partial charge in [-0.2, -0.15) is 0 Å². The van der Waals surface area contributed by atoms with Gasteiger partial charge in [0.05, 0.1) is 17.7 Å². The fourth-order valence-electron chi connectivity index (χ4n) is 2.78. The van der Waals surface area contributed by atoms with E-state index in [0.717, 1.165) is 0 Å². The maximum atomic E-state index is 12.9. The lowest BCUT2D eigenvalue weighted by molar-refractivity contribution is -0.113. The number of methoxy groups -OCH3 is 1. The van der Waals surface area contributed by atoms with Crippen molar-refractivity contribution in [1.29, 1.82) is 0 Å². The Hall–Kier alpha value is -2.97. The normalized spacial score (nSPS) is 11.0. The molecule has 1 N–H and O–H groups in total. The Labute approximate surface area is 182 Å². The molecule has 8 heteroatoms. The monoisotopic (exact) mass is 487 g/mol. The van der Waals surface area contributed by atoms with Crippen molar-refractivity contribution in [3.63, 3.8) is 0 Å². The third kappa shape index (κ3) is 5.14. The van der Waals surface area contributed by atoms with Crippen LogP contribution in [-0.2, 0) is 14.6 Å². The number of rotatable bonds is 7. The highest BCUT2D eigenvalue weighted by atomic mass is 79.9. The first-order chi connectivity index (χ1) is 14.3. The van der Waals surface area contributed by atoms with E-state index in [2.05, 4.69) is 21.2 Å². The van der Waals surface area contributed by atoms with Gasteiger partial charge >= 0.3 is 0 Å². The van der Waals surface area contributed by atoms with Gasteiger partial charge in [0.2, 0.25) is 5.91 Å². The number of anilines is 1. The molecule has 3 aromatic carbocycles. The summed E-state index contributed by atoms with van der Waals surface area (Å²) in [6, 6.07) is 19.2. The van der Waals surface area contributed by atoms with Gasteiger partial charge in [-0.3, -0.25) is 9.59 Å². The van der Waals surface area contributed by atoms with E-state index in [1.807, 2.05) is 0 Å². The second-order valence-electron chi connectivity index (χ2n) is 6.37. The van der Waals surface area contributed by atoms with E-state index in [1.54, 1.807) is 48.5 Å². The average molecular weight is 488 g/mol. The third-order valence-electron chi connectivity index (χ3n) is 4.28. The maximum Gasteiger partial charge on any atom is 0.239 e. The molecular formula is C22H18BrNO5S. The van der Waals surface area contributed by atoms with Crippen molar-refractivity contribution in [2.75, 3.05) is 18.2 Å². The number of carbonyl (C=O) groups excluding carboxylic acids is 2. The van der Waals surface area contributed by atoms with Crippen LogP contribution in [0.5, 0.6) is 5.75 Å². The summed E-state index contributed by atoms with van der Waals surface area (Å²) >= 11 is 3.32. The van der Waals surface area contributed by atoms with Crippen LogP contribution in [0.15, 0.2) is 82.2 Å². The first-order valence-corrected chi connectivity index (χ1v) is 11.3. The van der Waals surface area contributed by atoms with Crippen LogP contribution >= 0.6 is 15.9 Å². The number of hydrogen-bond donors (Lipinski definition) is 1. The number of ether oxygens (including phenoxy) is 1. The Kier molecular flexibility index (Phi) is 6.69. The highest BCUT2D eigenvalue weighted by Gasteiger charge is 2.22. The van der Waals surface area contributed by atoms with Crippen LogP contribution in [0.1, 0.15) is 15.9 Å². The van der Waals surface area contributed by atoms with Crippen molar-refractivity contribution in [2.45, 2.75) is 4.90 Å². The lowest BCUT2D eigenvalue weighted by Gasteiger charge is -2.12. The van der Waals surface area contributed by atoms with Crippen LogP contribution in [0, 0.1) is 0 Å². The highest BCUT2D eigenvalue weighted by Crippen LogP contribution is 2.24. The van der Waals surface area contributed by atoms with Crippen LogP contribution in [-0.4, -0.2) is 33.0 Å². The van der Waals surface area contributed by atoms with Crippen LogP contribution < -0.4 is 10.1 Å². The Morgan fingerprint density at radius 3 is 2.27 bits per heavy atom. The summed E-state index contributed by atoms with van der Waals surface area (Å²) in [4.78, 5) is 25.4. The van der Waals surface area contributed by atoms with Crippen molar-refractivity contribution >= 4 is 43.1 Å². The smallest absolute Gasteiger partial charge is 0.239 e. The molecule has 0 radical (unpaired) electrons. The summed E-state index contributed by atoms with van der Waals surface area (Å²) in [5.41, 5.74) is 0.949. The molecule has 0 aromatic heterocycles. The van der Waals surface area contributed by atoms with E-state index >= 15 is 0 Å². The molecule has 1 amide bonds. The molecule has 154 valence electrons. The van der Waals surface area contributed by atoms with Gasteiger partial charge in [0, 0.05) is 15.6 Å². The third-order valence-corrected chi connectivity index (χ3v) is 6.40. The highest BCUT2D eigenvalue weighted by molar-refractivity contribution is 9.10. The minimum atomic E-state index is -3.86. The van der Waals surface area contributed by atoms with Gasteiger partial charge in [0.1, 0.15) is 11.5 Å². The van der Waals surface area contributed by atoms with Crippen molar-refractivity contribution in [1.82, 2.24) is 0 Å². The summed E-state index contributed by atoms with van der Waals surface area (Å²) in [5.74, 6) is -1.27. The molecule has 3 rings (SSSR count). The molecule has 0 heterocycles. The summed E-state index contributed by atoms with van der Waals surface area (Å²) in [7, 11) is -2.38. The Bertz CT molecular complexity index is 1180. The summed E-state index contributed by atoms with van der Waals surface area (Å²) < 4.78 is 30.8. The average Bonchev–Trinajstić information content (AvgIpc) is 2.74. The van der Waals surface area contributed by atoms with E-state index in [9.17, 15) is 18.0 Å². The van der Waals surface area contributed by atoms with E-state index in [4.69, 9.17) is 4.74 Å². The summed E-state index contributed by atoms with van der Waals surface area (Å²) in [5, 5.41) is 2.55. The van der Waals surface area contributed by atoms with Gasteiger partial charge in [0.15, 0.2) is 15.6 Å². The minimum Gasteiger partial charge on any atom is -0.497 e.